The largest absolute Gasteiger partial charge is 0.317 e. The van der Waals surface area contributed by atoms with Crippen LogP contribution in [0.15, 0.2) is 42.5 Å². The topological polar surface area (TPSA) is 12.0 Å². The Morgan fingerprint density at radius 2 is 1.44 bits per heavy atom. The lowest BCUT2D eigenvalue weighted by Crippen LogP contribution is -2.26. The first kappa shape index (κ1) is 18.1. The summed E-state index contributed by atoms with van der Waals surface area (Å²) in [5, 5.41) is 3.41. The van der Waals surface area contributed by atoms with Gasteiger partial charge in [0, 0.05) is 5.56 Å². The van der Waals surface area contributed by atoms with Gasteiger partial charge in [0.25, 0.3) is 0 Å². The Morgan fingerprint density at radius 3 is 2.12 bits per heavy atom. The van der Waals surface area contributed by atoms with Crippen LogP contribution in [0.25, 0.3) is 0 Å². The third-order valence-corrected chi connectivity index (χ3v) is 5.24. The molecule has 1 saturated heterocycles. The van der Waals surface area contributed by atoms with Gasteiger partial charge in [-0.3, -0.25) is 0 Å². The van der Waals surface area contributed by atoms with E-state index < -0.39 is 11.6 Å². The molecular weight excluding hydrogens is 316 g/mol. The van der Waals surface area contributed by atoms with E-state index in [-0.39, 0.29) is 5.56 Å². The zero-order valence-corrected chi connectivity index (χ0v) is 14.7. The molecule has 3 rings (SSSR count). The minimum absolute atomic E-state index is 0.230. The summed E-state index contributed by atoms with van der Waals surface area (Å²) in [5.41, 5.74) is 3.05. The molecule has 2 aromatic carbocycles. The van der Waals surface area contributed by atoms with E-state index in [1.54, 1.807) is 0 Å². The second kappa shape index (κ2) is 9.10. The predicted molar refractivity (Wildman–Crippen MR) is 98.9 cm³/mol. The lowest BCUT2D eigenvalue weighted by atomic mass is 9.89. The zero-order chi connectivity index (χ0) is 17.5. The number of hydrogen-bond donors (Lipinski definition) is 1. The van der Waals surface area contributed by atoms with Crippen LogP contribution in [0.3, 0.4) is 0 Å². The Balaban J connectivity index is 1.40. The fraction of sp³-hybridized carbons (Fsp3) is 0.455. The fourth-order valence-corrected chi connectivity index (χ4v) is 3.69. The number of rotatable bonds is 7. The molecule has 0 unspecified atom stereocenters. The fourth-order valence-electron chi connectivity index (χ4n) is 3.69. The molecule has 0 spiro atoms. The smallest absolute Gasteiger partial charge is 0.129 e. The molecule has 0 aromatic heterocycles. The molecule has 25 heavy (non-hydrogen) atoms. The molecule has 1 heterocycles. The summed E-state index contributed by atoms with van der Waals surface area (Å²) in [6.07, 6.45) is 6.84. The van der Waals surface area contributed by atoms with Crippen molar-refractivity contribution in [1.29, 1.82) is 0 Å². The van der Waals surface area contributed by atoms with Crippen molar-refractivity contribution in [3.8, 4) is 0 Å². The SMILES string of the molecule is Fc1cccc(F)c1CCCCCc1ccc(C2CCNCC2)cc1. The van der Waals surface area contributed by atoms with Gasteiger partial charge in [-0.2, -0.15) is 0 Å². The Hall–Kier alpha value is -1.74. The number of piperidine rings is 1. The van der Waals surface area contributed by atoms with Gasteiger partial charge in [0.1, 0.15) is 11.6 Å². The van der Waals surface area contributed by atoms with Crippen LogP contribution in [0, 0.1) is 11.6 Å². The van der Waals surface area contributed by atoms with Crippen LogP contribution in [-0.4, -0.2) is 13.1 Å². The molecular formula is C22H27F2N. The van der Waals surface area contributed by atoms with E-state index in [0.29, 0.717) is 12.3 Å². The van der Waals surface area contributed by atoms with Crippen molar-refractivity contribution in [2.75, 3.05) is 13.1 Å². The summed E-state index contributed by atoms with van der Waals surface area (Å²) in [6.45, 7) is 2.24. The van der Waals surface area contributed by atoms with E-state index in [1.807, 2.05) is 0 Å². The minimum Gasteiger partial charge on any atom is -0.317 e. The monoisotopic (exact) mass is 343 g/mol. The van der Waals surface area contributed by atoms with Gasteiger partial charge in [-0.25, -0.2) is 8.78 Å². The van der Waals surface area contributed by atoms with Crippen molar-refractivity contribution in [1.82, 2.24) is 5.32 Å². The number of nitrogens with one attached hydrogen (secondary N) is 1. The number of aryl methyl sites for hydroxylation is 1. The van der Waals surface area contributed by atoms with Gasteiger partial charge in [-0.1, -0.05) is 36.8 Å². The van der Waals surface area contributed by atoms with E-state index >= 15 is 0 Å². The second-order valence-electron chi connectivity index (χ2n) is 7.03. The molecule has 0 amide bonds. The predicted octanol–water partition coefficient (Wildman–Crippen LogP) is 5.39. The Labute approximate surface area is 149 Å². The zero-order valence-electron chi connectivity index (χ0n) is 14.7. The van der Waals surface area contributed by atoms with Gasteiger partial charge in [-0.15, -0.1) is 0 Å². The molecule has 0 saturated carbocycles. The molecule has 1 fully saturated rings. The average molecular weight is 343 g/mol. The summed E-state index contributed by atoms with van der Waals surface area (Å²) in [6, 6.07) is 13.1. The van der Waals surface area contributed by atoms with Crippen LogP contribution in [0.2, 0.25) is 0 Å². The Kier molecular flexibility index (Phi) is 6.57. The van der Waals surface area contributed by atoms with E-state index in [1.165, 1.54) is 42.2 Å². The van der Waals surface area contributed by atoms with Gasteiger partial charge in [-0.05, 0) is 80.8 Å². The number of hydrogen-bond acceptors (Lipinski definition) is 1. The third-order valence-electron chi connectivity index (χ3n) is 5.24. The van der Waals surface area contributed by atoms with Gasteiger partial charge >= 0.3 is 0 Å². The molecule has 1 N–H and O–H groups in total. The molecule has 1 aliphatic rings. The average Bonchev–Trinajstić information content (AvgIpc) is 2.65. The van der Waals surface area contributed by atoms with Crippen LogP contribution in [0.5, 0.6) is 0 Å². The lowest BCUT2D eigenvalue weighted by Gasteiger charge is -2.23. The molecule has 134 valence electrons. The van der Waals surface area contributed by atoms with Crippen LogP contribution < -0.4 is 5.32 Å². The highest BCUT2D eigenvalue weighted by molar-refractivity contribution is 5.26. The number of halogens is 2. The summed E-state index contributed by atoms with van der Waals surface area (Å²) < 4.78 is 27.1. The Morgan fingerprint density at radius 1 is 0.800 bits per heavy atom. The van der Waals surface area contributed by atoms with Gasteiger partial charge < -0.3 is 5.32 Å². The molecule has 0 radical (unpaired) electrons. The maximum atomic E-state index is 13.6. The highest BCUT2D eigenvalue weighted by Crippen LogP contribution is 2.25. The summed E-state index contributed by atoms with van der Waals surface area (Å²) in [5.74, 6) is -0.145. The normalized spacial score (nSPS) is 15.4. The lowest BCUT2D eigenvalue weighted by molar-refractivity contribution is 0.460. The highest BCUT2D eigenvalue weighted by atomic mass is 19.1. The van der Waals surface area contributed by atoms with Crippen molar-refractivity contribution in [3.05, 3.63) is 70.8 Å². The first-order valence-electron chi connectivity index (χ1n) is 9.46. The molecule has 0 aliphatic carbocycles. The summed E-state index contributed by atoms with van der Waals surface area (Å²) in [4.78, 5) is 0. The van der Waals surface area contributed by atoms with Crippen molar-refractivity contribution in [2.45, 2.75) is 50.9 Å². The highest BCUT2D eigenvalue weighted by Gasteiger charge is 2.14. The maximum absolute atomic E-state index is 13.6. The molecule has 3 heteroatoms. The molecule has 0 atom stereocenters. The van der Waals surface area contributed by atoms with Gasteiger partial charge in [0.2, 0.25) is 0 Å². The van der Waals surface area contributed by atoms with Crippen LogP contribution >= 0.6 is 0 Å². The van der Waals surface area contributed by atoms with E-state index in [9.17, 15) is 8.78 Å². The maximum Gasteiger partial charge on any atom is 0.129 e. The molecule has 1 aliphatic heterocycles. The quantitative estimate of drug-likeness (QED) is 0.665. The van der Waals surface area contributed by atoms with Crippen molar-refractivity contribution in [3.63, 3.8) is 0 Å². The van der Waals surface area contributed by atoms with Crippen LogP contribution in [0.4, 0.5) is 8.78 Å². The first-order valence-corrected chi connectivity index (χ1v) is 9.46. The summed E-state index contributed by atoms with van der Waals surface area (Å²) in [7, 11) is 0. The van der Waals surface area contributed by atoms with E-state index in [4.69, 9.17) is 0 Å². The number of benzene rings is 2. The first-order chi connectivity index (χ1) is 12.2. The molecule has 0 bridgehead atoms. The minimum atomic E-state index is -0.423. The number of unbranched alkanes of at least 4 members (excludes halogenated alkanes) is 2. The Bertz CT molecular complexity index is 640. The van der Waals surface area contributed by atoms with Gasteiger partial charge in [0.15, 0.2) is 0 Å². The third kappa shape index (κ3) is 5.12. The summed E-state index contributed by atoms with van der Waals surface area (Å²) >= 11 is 0. The molecule has 2 aromatic rings. The van der Waals surface area contributed by atoms with E-state index in [0.717, 1.165) is 38.8 Å². The van der Waals surface area contributed by atoms with Crippen molar-refractivity contribution in [2.24, 2.45) is 0 Å². The van der Waals surface area contributed by atoms with Crippen molar-refractivity contribution < 1.29 is 8.78 Å². The van der Waals surface area contributed by atoms with Gasteiger partial charge in [0.05, 0.1) is 0 Å². The van der Waals surface area contributed by atoms with Crippen molar-refractivity contribution >= 4 is 0 Å². The van der Waals surface area contributed by atoms with Crippen LogP contribution in [0.1, 0.15) is 54.7 Å². The van der Waals surface area contributed by atoms with E-state index in [2.05, 4.69) is 29.6 Å². The molecule has 1 nitrogen and oxygen atoms in total. The second-order valence-corrected chi connectivity index (χ2v) is 7.03. The van der Waals surface area contributed by atoms with Crippen LogP contribution in [-0.2, 0) is 12.8 Å². The standard InChI is InChI=1S/C22H27F2N/c23-21-7-4-8-22(24)20(21)6-3-1-2-5-17-9-11-18(12-10-17)19-13-15-25-16-14-19/h4,7-12,19,25H,1-3,5-6,13-16H2.